The Morgan fingerprint density at radius 1 is 1.44 bits per heavy atom. The van der Waals surface area contributed by atoms with Gasteiger partial charge in [0.2, 0.25) is 0 Å². The van der Waals surface area contributed by atoms with Gasteiger partial charge in [0.05, 0.1) is 5.69 Å². The summed E-state index contributed by atoms with van der Waals surface area (Å²) in [6.45, 7) is 8.50. The second-order valence-corrected chi connectivity index (χ2v) is 4.75. The van der Waals surface area contributed by atoms with Crippen molar-refractivity contribution in [3.8, 4) is 0 Å². The largest absolute Gasteiger partial charge is 0.295 e. The van der Waals surface area contributed by atoms with E-state index in [9.17, 15) is 0 Å². The minimum absolute atomic E-state index is 0.532. The summed E-state index contributed by atoms with van der Waals surface area (Å²) in [7, 11) is 0. The molecule has 0 N–H and O–H groups in total. The number of hydrogen-bond donors (Lipinski definition) is 0. The summed E-state index contributed by atoms with van der Waals surface area (Å²) in [4.78, 5) is 6.85. The molecule has 90 valence electrons. The van der Waals surface area contributed by atoms with Crippen molar-refractivity contribution in [2.75, 3.05) is 12.4 Å². The molecule has 16 heavy (non-hydrogen) atoms. The number of halogens is 1. The molecule has 0 saturated carbocycles. The molecule has 0 aliphatic heterocycles. The molecule has 0 saturated heterocycles. The Morgan fingerprint density at radius 2 is 2.19 bits per heavy atom. The molecular formula is C13H21ClN2. The molecule has 0 atom stereocenters. The van der Waals surface area contributed by atoms with Crippen LogP contribution in [0, 0.1) is 6.92 Å². The molecule has 0 unspecified atom stereocenters. The van der Waals surface area contributed by atoms with Crippen molar-refractivity contribution >= 4 is 11.6 Å². The second-order valence-electron chi connectivity index (χ2n) is 4.37. The van der Waals surface area contributed by atoms with Crippen LogP contribution < -0.4 is 0 Å². The van der Waals surface area contributed by atoms with Crippen molar-refractivity contribution in [3.63, 3.8) is 0 Å². The van der Waals surface area contributed by atoms with E-state index in [0.29, 0.717) is 6.04 Å². The van der Waals surface area contributed by atoms with E-state index in [1.54, 1.807) is 0 Å². The molecular weight excluding hydrogens is 220 g/mol. The first-order valence-corrected chi connectivity index (χ1v) is 6.39. The first-order chi connectivity index (χ1) is 7.65. The fourth-order valence-electron chi connectivity index (χ4n) is 1.66. The number of pyridine rings is 1. The van der Waals surface area contributed by atoms with Crippen molar-refractivity contribution < 1.29 is 0 Å². The number of aryl methyl sites for hydroxylation is 1. The third-order valence-electron chi connectivity index (χ3n) is 2.78. The lowest BCUT2D eigenvalue weighted by atomic mass is 10.2. The molecule has 1 rings (SSSR count). The average molecular weight is 241 g/mol. The SMILES string of the molecule is Cc1cccnc1CN(CCCCl)C(C)C. The van der Waals surface area contributed by atoms with E-state index in [1.807, 2.05) is 12.3 Å². The van der Waals surface area contributed by atoms with Crippen molar-refractivity contribution in [3.05, 3.63) is 29.6 Å². The minimum Gasteiger partial charge on any atom is -0.295 e. The third-order valence-corrected chi connectivity index (χ3v) is 3.05. The second kappa shape index (κ2) is 6.87. The molecule has 0 spiro atoms. The number of aromatic nitrogens is 1. The predicted octanol–water partition coefficient (Wildman–Crippen LogP) is 3.23. The number of alkyl halides is 1. The van der Waals surface area contributed by atoms with E-state index in [4.69, 9.17) is 11.6 Å². The molecule has 0 aliphatic rings. The van der Waals surface area contributed by atoms with Gasteiger partial charge >= 0.3 is 0 Å². The fraction of sp³-hybridized carbons (Fsp3) is 0.615. The molecule has 2 nitrogen and oxygen atoms in total. The maximum atomic E-state index is 5.74. The summed E-state index contributed by atoms with van der Waals surface area (Å²) in [5.74, 6) is 0.727. The van der Waals surface area contributed by atoms with Crippen LogP contribution >= 0.6 is 11.6 Å². The molecule has 0 fully saturated rings. The third kappa shape index (κ3) is 4.11. The highest BCUT2D eigenvalue weighted by Gasteiger charge is 2.11. The Kier molecular flexibility index (Phi) is 5.78. The summed E-state index contributed by atoms with van der Waals surface area (Å²) >= 11 is 5.74. The van der Waals surface area contributed by atoms with Gasteiger partial charge in [-0.1, -0.05) is 6.07 Å². The number of nitrogens with zero attached hydrogens (tertiary/aromatic N) is 2. The standard InChI is InChI=1S/C13H21ClN2/c1-11(2)16(9-5-7-14)10-13-12(3)6-4-8-15-13/h4,6,8,11H,5,7,9-10H2,1-3H3. The van der Waals surface area contributed by atoms with E-state index in [-0.39, 0.29) is 0 Å². The van der Waals surface area contributed by atoms with E-state index in [2.05, 4.69) is 36.7 Å². The van der Waals surface area contributed by atoms with E-state index in [1.165, 1.54) is 11.3 Å². The van der Waals surface area contributed by atoms with Gasteiger partial charge < -0.3 is 0 Å². The van der Waals surface area contributed by atoms with Crippen molar-refractivity contribution in [2.45, 2.75) is 39.8 Å². The van der Waals surface area contributed by atoms with Crippen LogP contribution in [0.2, 0.25) is 0 Å². The van der Waals surface area contributed by atoms with E-state index in [0.717, 1.165) is 25.4 Å². The van der Waals surface area contributed by atoms with E-state index < -0.39 is 0 Å². The summed E-state index contributed by atoms with van der Waals surface area (Å²) in [5.41, 5.74) is 2.43. The molecule has 1 aromatic heterocycles. The number of hydrogen-bond acceptors (Lipinski definition) is 2. The van der Waals surface area contributed by atoms with Crippen LogP contribution in [0.4, 0.5) is 0 Å². The molecule has 1 heterocycles. The van der Waals surface area contributed by atoms with Gasteiger partial charge in [-0.3, -0.25) is 9.88 Å². The highest BCUT2D eigenvalue weighted by molar-refractivity contribution is 6.17. The number of rotatable bonds is 6. The van der Waals surface area contributed by atoms with Crippen LogP contribution in [0.25, 0.3) is 0 Å². The molecule has 0 radical (unpaired) electrons. The highest BCUT2D eigenvalue weighted by atomic mass is 35.5. The normalized spacial score (nSPS) is 11.4. The molecule has 0 bridgehead atoms. The Labute approximate surface area is 104 Å². The fourth-order valence-corrected chi connectivity index (χ4v) is 1.78. The lowest BCUT2D eigenvalue weighted by Crippen LogP contribution is -2.32. The van der Waals surface area contributed by atoms with Gasteiger partial charge in [0.1, 0.15) is 0 Å². The first-order valence-electron chi connectivity index (χ1n) is 5.85. The maximum absolute atomic E-state index is 5.74. The van der Waals surface area contributed by atoms with Gasteiger partial charge in [-0.15, -0.1) is 11.6 Å². The zero-order valence-electron chi connectivity index (χ0n) is 10.4. The minimum atomic E-state index is 0.532. The summed E-state index contributed by atoms with van der Waals surface area (Å²) in [5, 5.41) is 0. The topological polar surface area (TPSA) is 16.1 Å². The lowest BCUT2D eigenvalue weighted by molar-refractivity contribution is 0.211. The highest BCUT2D eigenvalue weighted by Crippen LogP contribution is 2.10. The summed E-state index contributed by atoms with van der Waals surface area (Å²) in [6, 6.07) is 4.63. The Bertz CT molecular complexity index is 313. The van der Waals surface area contributed by atoms with Crippen LogP contribution in [-0.4, -0.2) is 28.4 Å². The first kappa shape index (κ1) is 13.5. The maximum Gasteiger partial charge on any atom is 0.0573 e. The Hall–Kier alpha value is -0.600. The lowest BCUT2D eigenvalue weighted by Gasteiger charge is -2.26. The zero-order chi connectivity index (χ0) is 12.0. The quantitative estimate of drug-likeness (QED) is 0.710. The average Bonchev–Trinajstić information content (AvgIpc) is 2.26. The van der Waals surface area contributed by atoms with Gasteiger partial charge in [0.25, 0.3) is 0 Å². The Morgan fingerprint density at radius 3 is 2.75 bits per heavy atom. The van der Waals surface area contributed by atoms with Gasteiger partial charge in [-0.2, -0.15) is 0 Å². The predicted molar refractivity (Wildman–Crippen MR) is 69.9 cm³/mol. The molecule has 3 heteroatoms. The van der Waals surface area contributed by atoms with Crippen LogP contribution in [-0.2, 0) is 6.54 Å². The Balaban J connectivity index is 2.64. The van der Waals surface area contributed by atoms with Crippen LogP contribution in [0.15, 0.2) is 18.3 Å². The van der Waals surface area contributed by atoms with Crippen LogP contribution in [0.1, 0.15) is 31.5 Å². The smallest absolute Gasteiger partial charge is 0.0573 e. The van der Waals surface area contributed by atoms with Gasteiger partial charge in [0, 0.05) is 24.7 Å². The van der Waals surface area contributed by atoms with Crippen LogP contribution in [0.5, 0.6) is 0 Å². The van der Waals surface area contributed by atoms with Crippen molar-refractivity contribution in [1.29, 1.82) is 0 Å². The molecule has 0 aliphatic carbocycles. The van der Waals surface area contributed by atoms with Crippen molar-refractivity contribution in [2.24, 2.45) is 0 Å². The van der Waals surface area contributed by atoms with Gasteiger partial charge in [-0.05, 0) is 45.4 Å². The van der Waals surface area contributed by atoms with Crippen LogP contribution in [0.3, 0.4) is 0 Å². The van der Waals surface area contributed by atoms with E-state index >= 15 is 0 Å². The molecule has 1 aromatic rings. The zero-order valence-corrected chi connectivity index (χ0v) is 11.2. The summed E-state index contributed by atoms with van der Waals surface area (Å²) in [6.07, 6.45) is 2.90. The summed E-state index contributed by atoms with van der Waals surface area (Å²) < 4.78 is 0. The monoisotopic (exact) mass is 240 g/mol. The van der Waals surface area contributed by atoms with Crippen molar-refractivity contribution in [1.82, 2.24) is 9.88 Å². The molecule has 0 aromatic carbocycles. The molecule has 0 amide bonds. The van der Waals surface area contributed by atoms with Gasteiger partial charge in [0.15, 0.2) is 0 Å². The van der Waals surface area contributed by atoms with Gasteiger partial charge in [-0.25, -0.2) is 0 Å².